The Kier molecular flexibility index (Phi) is 3.05. The Morgan fingerprint density at radius 2 is 2.25 bits per heavy atom. The molecule has 0 amide bonds. The largest absolute Gasteiger partial charge is 0.468 e. The summed E-state index contributed by atoms with van der Waals surface area (Å²) in [6.45, 7) is 0.0666. The average Bonchev–Trinajstić information content (AvgIpc) is 2.36. The molecule has 0 unspecified atom stereocenters. The molecule has 0 radical (unpaired) electrons. The molecule has 1 N–H and O–H groups in total. The molecule has 1 heterocycles. The topological polar surface area (TPSA) is 25.2 Å². The molecule has 68 valence electrons. The molecule has 1 aromatic heterocycles. The summed E-state index contributed by atoms with van der Waals surface area (Å²) in [6.07, 6.45) is 1.41. The fourth-order valence-electron chi connectivity index (χ4n) is 0.602. The van der Waals surface area contributed by atoms with Crippen molar-refractivity contribution in [2.75, 3.05) is 0 Å². The monoisotopic (exact) mass is 197 g/mol. The molecule has 12 heavy (non-hydrogen) atoms. The number of furan rings is 1. The first kappa shape index (κ1) is 9.47. The zero-order valence-electron chi connectivity index (χ0n) is 5.89. The molecule has 6 heteroatoms. The Morgan fingerprint density at radius 3 is 2.75 bits per heavy atom. The normalized spacial score (nSPS) is 11.9. The predicted octanol–water partition coefficient (Wildman–Crippen LogP) is 2.54. The van der Waals surface area contributed by atoms with E-state index in [1.165, 1.54) is 6.26 Å². The third-order valence-corrected chi connectivity index (χ3v) is 1.53. The predicted molar refractivity (Wildman–Crippen MR) is 39.2 cm³/mol. The smallest absolute Gasteiger partial charge is 0.456 e. The molecule has 0 fully saturated rings. The van der Waals surface area contributed by atoms with Gasteiger partial charge in [0.15, 0.2) is 0 Å². The third-order valence-electron chi connectivity index (χ3n) is 1.01. The Balaban J connectivity index is 2.20. The van der Waals surface area contributed by atoms with Gasteiger partial charge in [0, 0.05) is 11.9 Å². The Labute approximate surface area is 71.3 Å². The quantitative estimate of drug-likeness (QED) is 0.754. The van der Waals surface area contributed by atoms with Gasteiger partial charge in [-0.1, -0.05) is 0 Å². The molecule has 0 aliphatic heterocycles. The van der Waals surface area contributed by atoms with Crippen molar-refractivity contribution < 1.29 is 17.6 Å². The van der Waals surface area contributed by atoms with Gasteiger partial charge in [-0.3, -0.25) is 0 Å². The van der Waals surface area contributed by atoms with E-state index in [-0.39, 0.29) is 18.5 Å². The van der Waals surface area contributed by atoms with E-state index in [1.807, 2.05) is 0 Å². The SMILES string of the molecule is FC(F)(F)SNCc1ccco1. The van der Waals surface area contributed by atoms with E-state index in [1.54, 1.807) is 12.1 Å². The van der Waals surface area contributed by atoms with Crippen LogP contribution in [0, 0.1) is 0 Å². The summed E-state index contributed by atoms with van der Waals surface area (Å²) in [5.74, 6) is 0.478. The molecule has 0 saturated heterocycles. The van der Waals surface area contributed by atoms with Crippen molar-refractivity contribution in [2.24, 2.45) is 0 Å². The van der Waals surface area contributed by atoms with Crippen LogP contribution in [0.15, 0.2) is 22.8 Å². The summed E-state index contributed by atoms with van der Waals surface area (Å²) in [5.41, 5.74) is -4.24. The number of rotatable bonds is 3. The second kappa shape index (κ2) is 3.86. The van der Waals surface area contributed by atoms with Gasteiger partial charge in [0.2, 0.25) is 0 Å². The zero-order chi connectivity index (χ0) is 9.03. The first-order chi connectivity index (χ1) is 5.58. The van der Waals surface area contributed by atoms with E-state index < -0.39 is 5.51 Å². The molecule has 0 aliphatic rings. The minimum absolute atomic E-state index is 0.0666. The molecular formula is C6H6F3NOS. The van der Waals surface area contributed by atoms with Crippen LogP contribution in [-0.4, -0.2) is 5.51 Å². The second-order valence-corrected chi connectivity index (χ2v) is 2.90. The maximum atomic E-state index is 11.6. The highest BCUT2D eigenvalue weighted by molar-refractivity contribution is 7.98. The molecule has 0 atom stereocenters. The first-order valence-corrected chi connectivity index (χ1v) is 3.89. The van der Waals surface area contributed by atoms with Crippen molar-refractivity contribution in [3.05, 3.63) is 24.2 Å². The zero-order valence-corrected chi connectivity index (χ0v) is 6.71. The Hall–Kier alpha value is -0.620. The summed E-state index contributed by atoms with van der Waals surface area (Å²) in [7, 11) is 0. The molecule has 0 aliphatic carbocycles. The van der Waals surface area contributed by atoms with Crippen molar-refractivity contribution in [1.82, 2.24) is 4.72 Å². The van der Waals surface area contributed by atoms with Crippen LogP contribution >= 0.6 is 11.9 Å². The highest BCUT2D eigenvalue weighted by atomic mass is 32.2. The van der Waals surface area contributed by atoms with Crippen LogP contribution in [0.3, 0.4) is 0 Å². The van der Waals surface area contributed by atoms with Gasteiger partial charge >= 0.3 is 5.51 Å². The van der Waals surface area contributed by atoms with Gasteiger partial charge in [-0.05, 0) is 12.1 Å². The molecule has 0 spiro atoms. The van der Waals surface area contributed by atoms with Crippen molar-refractivity contribution in [2.45, 2.75) is 12.1 Å². The van der Waals surface area contributed by atoms with Gasteiger partial charge in [-0.25, -0.2) is 4.72 Å². The lowest BCUT2D eigenvalue weighted by Gasteiger charge is -2.04. The lowest BCUT2D eigenvalue weighted by atomic mass is 10.5. The molecular weight excluding hydrogens is 191 g/mol. The van der Waals surface area contributed by atoms with Gasteiger partial charge < -0.3 is 4.42 Å². The van der Waals surface area contributed by atoms with E-state index in [2.05, 4.69) is 4.72 Å². The van der Waals surface area contributed by atoms with Crippen LogP contribution in [0.4, 0.5) is 13.2 Å². The standard InChI is InChI=1S/C6H6F3NOS/c7-6(8,9)12-10-4-5-2-1-3-11-5/h1-3,10H,4H2. The van der Waals surface area contributed by atoms with E-state index in [0.717, 1.165) is 0 Å². The molecule has 1 rings (SSSR count). The fraction of sp³-hybridized carbons (Fsp3) is 0.333. The van der Waals surface area contributed by atoms with E-state index in [4.69, 9.17) is 4.42 Å². The summed E-state index contributed by atoms with van der Waals surface area (Å²) in [4.78, 5) is 0. The molecule has 2 nitrogen and oxygen atoms in total. The number of hydrogen-bond acceptors (Lipinski definition) is 3. The summed E-state index contributed by atoms with van der Waals surface area (Å²) < 4.78 is 41.6. The molecule has 0 saturated carbocycles. The summed E-state index contributed by atoms with van der Waals surface area (Å²) in [5, 5.41) is 0. The molecule has 1 aromatic rings. The van der Waals surface area contributed by atoms with Crippen molar-refractivity contribution >= 4 is 11.9 Å². The van der Waals surface area contributed by atoms with Gasteiger partial charge in [-0.15, -0.1) is 0 Å². The highest BCUT2D eigenvalue weighted by Gasteiger charge is 2.28. The lowest BCUT2D eigenvalue weighted by Crippen LogP contribution is -2.12. The maximum absolute atomic E-state index is 11.6. The molecule has 0 bridgehead atoms. The highest BCUT2D eigenvalue weighted by Crippen LogP contribution is 2.27. The average molecular weight is 197 g/mol. The number of hydrogen-bond donors (Lipinski definition) is 1. The second-order valence-electron chi connectivity index (χ2n) is 1.95. The van der Waals surface area contributed by atoms with E-state index in [0.29, 0.717) is 5.76 Å². The Morgan fingerprint density at radius 1 is 1.50 bits per heavy atom. The minimum Gasteiger partial charge on any atom is -0.468 e. The van der Waals surface area contributed by atoms with Crippen LogP contribution in [-0.2, 0) is 6.54 Å². The lowest BCUT2D eigenvalue weighted by molar-refractivity contribution is -0.0336. The van der Waals surface area contributed by atoms with Gasteiger partial charge in [0.05, 0.1) is 12.8 Å². The number of halogens is 3. The minimum atomic E-state index is -4.24. The van der Waals surface area contributed by atoms with Crippen LogP contribution in [0.1, 0.15) is 5.76 Å². The number of nitrogens with one attached hydrogen (secondary N) is 1. The number of alkyl halides is 3. The van der Waals surface area contributed by atoms with Crippen molar-refractivity contribution in [3.63, 3.8) is 0 Å². The van der Waals surface area contributed by atoms with Gasteiger partial charge in [0.1, 0.15) is 5.76 Å². The third kappa shape index (κ3) is 3.68. The van der Waals surface area contributed by atoms with Gasteiger partial charge in [0.25, 0.3) is 0 Å². The van der Waals surface area contributed by atoms with Crippen LogP contribution < -0.4 is 4.72 Å². The summed E-state index contributed by atoms with van der Waals surface area (Å²) >= 11 is -0.278. The van der Waals surface area contributed by atoms with Crippen LogP contribution in [0.25, 0.3) is 0 Å². The van der Waals surface area contributed by atoms with Crippen molar-refractivity contribution in [1.29, 1.82) is 0 Å². The Bertz CT molecular complexity index is 221. The van der Waals surface area contributed by atoms with Crippen molar-refractivity contribution in [3.8, 4) is 0 Å². The first-order valence-electron chi connectivity index (χ1n) is 3.08. The van der Waals surface area contributed by atoms with E-state index in [9.17, 15) is 13.2 Å². The summed E-state index contributed by atoms with van der Waals surface area (Å²) in [6, 6.07) is 3.22. The fourth-order valence-corrected chi connectivity index (χ4v) is 0.980. The van der Waals surface area contributed by atoms with Crippen LogP contribution in [0.5, 0.6) is 0 Å². The van der Waals surface area contributed by atoms with Gasteiger partial charge in [-0.2, -0.15) is 13.2 Å². The van der Waals surface area contributed by atoms with Crippen LogP contribution in [0.2, 0.25) is 0 Å². The maximum Gasteiger partial charge on any atom is 0.456 e. The van der Waals surface area contributed by atoms with E-state index >= 15 is 0 Å². The molecule has 0 aromatic carbocycles.